The molecule has 0 radical (unpaired) electrons. The van der Waals surface area contributed by atoms with Crippen molar-refractivity contribution < 1.29 is 13.2 Å². The summed E-state index contributed by atoms with van der Waals surface area (Å²) in [5.74, 6) is -0.290. The highest BCUT2D eigenvalue weighted by Crippen LogP contribution is 2.23. The van der Waals surface area contributed by atoms with Gasteiger partial charge in [0.15, 0.2) is 0 Å². The summed E-state index contributed by atoms with van der Waals surface area (Å²) < 4.78 is 27.3. The topological polar surface area (TPSA) is 75.3 Å². The lowest BCUT2D eigenvalue weighted by molar-refractivity contribution is 0.0953. The van der Waals surface area contributed by atoms with Gasteiger partial charge in [-0.1, -0.05) is 59.6 Å². The van der Waals surface area contributed by atoms with Crippen LogP contribution in [-0.2, 0) is 16.4 Å². The first-order valence-electron chi connectivity index (χ1n) is 9.56. The van der Waals surface area contributed by atoms with Crippen molar-refractivity contribution in [1.29, 1.82) is 0 Å². The monoisotopic (exact) mass is 442 g/mol. The normalized spacial score (nSPS) is 11.1. The highest BCUT2D eigenvalue weighted by molar-refractivity contribution is 7.92. The van der Waals surface area contributed by atoms with Gasteiger partial charge in [0.05, 0.1) is 21.2 Å². The van der Waals surface area contributed by atoms with Crippen LogP contribution in [0.3, 0.4) is 0 Å². The Bertz CT molecular complexity index is 1110. The number of benzene rings is 3. The van der Waals surface area contributed by atoms with Gasteiger partial charge in [0, 0.05) is 6.54 Å². The number of nitrogens with one attached hydrogen (secondary N) is 2. The molecule has 0 aliphatic carbocycles. The molecule has 3 rings (SSSR count). The van der Waals surface area contributed by atoms with Gasteiger partial charge in [-0.15, -0.1) is 0 Å². The number of hydrogen-bond acceptors (Lipinski definition) is 3. The summed E-state index contributed by atoms with van der Waals surface area (Å²) in [6.07, 6.45) is 1.68. The Hall–Kier alpha value is -2.83. The largest absolute Gasteiger partial charge is 0.352 e. The molecule has 7 heteroatoms. The second kappa shape index (κ2) is 9.78. The quantitative estimate of drug-likeness (QED) is 0.491. The van der Waals surface area contributed by atoms with Gasteiger partial charge >= 0.3 is 0 Å². The van der Waals surface area contributed by atoms with Crippen molar-refractivity contribution >= 4 is 33.2 Å². The molecule has 3 aromatic carbocycles. The SMILES string of the molecule is Cc1ccc(CCCNC(=O)c2ccc(NS(=O)(=O)c3ccccc3)cc2Cl)cc1. The zero-order valence-corrected chi connectivity index (χ0v) is 18.1. The van der Waals surface area contributed by atoms with Gasteiger partial charge in [0.2, 0.25) is 0 Å². The molecule has 0 heterocycles. The smallest absolute Gasteiger partial charge is 0.261 e. The third-order valence-electron chi connectivity index (χ3n) is 4.57. The predicted molar refractivity (Wildman–Crippen MR) is 121 cm³/mol. The molecule has 0 atom stereocenters. The number of rotatable bonds is 8. The fourth-order valence-electron chi connectivity index (χ4n) is 2.92. The fourth-order valence-corrected chi connectivity index (χ4v) is 4.26. The van der Waals surface area contributed by atoms with Crippen molar-refractivity contribution in [2.24, 2.45) is 0 Å². The Labute approximate surface area is 182 Å². The van der Waals surface area contributed by atoms with Gasteiger partial charge in [0.1, 0.15) is 0 Å². The standard InChI is InChI=1S/C23H23ClN2O3S/c1-17-9-11-18(12-10-17)6-5-15-25-23(27)21-14-13-19(16-22(21)24)26-30(28,29)20-7-3-2-4-8-20/h2-4,7-14,16,26H,5-6,15H2,1H3,(H,25,27). The Morgan fingerprint density at radius 2 is 1.67 bits per heavy atom. The first-order chi connectivity index (χ1) is 14.3. The predicted octanol–water partition coefficient (Wildman–Crippen LogP) is 4.81. The van der Waals surface area contributed by atoms with Crippen LogP contribution in [0.2, 0.25) is 5.02 Å². The molecular weight excluding hydrogens is 420 g/mol. The molecule has 156 valence electrons. The van der Waals surface area contributed by atoms with E-state index in [4.69, 9.17) is 11.6 Å². The molecule has 0 aromatic heterocycles. The average molecular weight is 443 g/mol. The van der Waals surface area contributed by atoms with Crippen LogP contribution in [0.1, 0.15) is 27.9 Å². The minimum atomic E-state index is -3.72. The van der Waals surface area contributed by atoms with Crippen molar-refractivity contribution in [2.45, 2.75) is 24.7 Å². The minimum Gasteiger partial charge on any atom is -0.352 e. The van der Waals surface area contributed by atoms with Crippen molar-refractivity contribution in [1.82, 2.24) is 5.32 Å². The number of amides is 1. The average Bonchev–Trinajstić information content (AvgIpc) is 2.73. The second-order valence-corrected chi connectivity index (χ2v) is 9.05. The van der Waals surface area contributed by atoms with Crippen molar-refractivity contribution in [3.63, 3.8) is 0 Å². The summed E-state index contributed by atoms with van der Waals surface area (Å²) in [6, 6.07) is 20.8. The highest BCUT2D eigenvalue weighted by atomic mass is 35.5. The van der Waals surface area contributed by atoms with Crippen molar-refractivity contribution in [2.75, 3.05) is 11.3 Å². The molecule has 5 nitrogen and oxygen atoms in total. The van der Waals surface area contributed by atoms with E-state index in [1.807, 2.05) is 6.92 Å². The Balaban J connectivity index is 1.56. The van der Waals surface area contributed by atoms with E-state index in [9.17, 15) is 13.2 Å². The molecular formula is C23H23ClN2O3S. The Kier molecular flexibility index (Phi) is 7.13. The van der Waals surface area contributed by atoms with Crippen LogP contribution in [-0.4, -0.2) is 20.9 Å². The third-order valence-corrected chi connectivity index (χ3v) is 6.28. The van der Waals surface area contributed by atoms with E-state index in [2.05, 4.69) is 34.3 Å². The number of hydrogen-bond donors (Lipinski definition) is 2. The number of carbonyl (C=O) groups excluding carboxylic acids is 1. The van der Waals surface area contributed by atoms with E-state index < -0.39 is 10.0 Å². The van der Waals surface area contributed by atoms with Crippen LogP contribution in [0.15, 0.2) is 77.7 Å². The van der Waals surface area contributed by atoms with Crippen LogP contribution in [0, 0.1) is 6.92 Å². The maximum Gasteiger partial charge on any atom is 0.261 e. The van der Waals surface area contributed by atoms with Gasteiger partial charge in [-0.3, -0.25) is 9.52 Å². The lowest BCUT2D eigenvalue weighted by atomic mass is 10.1. The van der Waals surface area contributed by atoms with E-state index in [-0.39, 0.29) is 15.8 Å². The molecule has 0 aliphatic heterocycles. The summed E-state index contributed by atoms with van der Waals surface area (Å²) >= 11 is 6.23. The summed E-state index contributed by atoms with van der Waals surface area (Å²) in [6.45, 7) is 2.57. The van der Waals surface area contributed by atoms with Gasteiger partial charge < -0.3 is 5.32 Å². The summed E-state index contributed by atoms with van der Waals surface area (Å²) in [5.41, 5.74) is 3.04. The number of anilines is 1. The molecule has 30 heavy (non-hydrogen) atoms. The van der Waals surface area contributed by atoms with Crippen LogP contribution in [0.5, 0.6) is 0 Å². The first-order valence-corrected chi connectivity index (χ1v) is 11.4. The third kappa shape index (κ3) is 5.84. The number of sulfonamides is 1. The molecule has 0 fully saturated rings. The lowest BCUT2D eigenvalue weighted by Crippen LogP contribution is -2.25. The van der Waals surface area contributed by atoms with Crippen molar-refractivity contribution in [3.05, 3.63) is 94.5 Å². The van der Waals surface area contributed by atoms with E-state index >= 15 is 0 Å². The Morgan fingerprint density at radius 3 is 2.33 bits per heavy atom. The van der Waals surface area contributed by atoms with Crippen LogP contribution < -0.4 is 10.0 Å². The second-order valence-electron chi connectivity index (χ2n) is 6.96. The van der Waals surface area contributed by atoms with Gasteiger partial charge in [0.25, 0.3) is 15.9 Å². The van der Waals surface area contributed by atoms with E-state index in [0.717, 1.165) is 12.8 Å². The van der Waals surface area contributed by atoms with E-state index in [1.54, 1.807) is 18.2 Å². The summed E-state index contributed by atoms with van der Waals surface area (Å²) in [7, 11) is -3.72. The van der Waals surface area contributed by atoms with Crippen molar-refractivity contribution in [3.8, 4) is 0 Å². The molecule has 0 unspecified atom stereocenters. The van der Waals surface area contributed by atoms with Crippen LogP contribution in [0.25, 0.3) is 0 Å². The number of halogens is 1. The molecule has 0 bridgehead atoms. The molecule has 1 amide bonds. The molecule has 0 saturated heterocycles. The zero-order valence-electron chi connectivity index (χ0n) is 16.6. The molecule has 0 spiro atoms. The molecule has 0 saturated carbocycles. The van der Waals surface area contributed by atoms with Gasteiger partial charge in [-0.2, -0.15) is 0 Å². The summed E-state index contributed by atoms with van der Waals surface area (Å²) in [5, 5.41) is 3.03. The maximum atomic E-state index is 12.4. The number of carbonyl (C=O) groups is 1. The van der Waals surface area contributed by atoms with E-state index in [1.165, 1.54) is 41.5 Å². The first kappa shape index (κ1) is 21.9. The minimum absolute atomic E-state index is 0.150. The molecule has 0 aliphatic rings. The molecule has 3 aromatic rings. The zero-order chi connectivity index (χ0) is 21.6. The fraction of sp³-hybridized carbons (Fsp3) is 0.174. The highest BCUT2D eigenvalue weighted by Gasteiger charge is 2.16. The maximum absolute atomic E-state index is 12.4. The van der Waals surface area contributed by atoms with Gasteiger partial charge in [-0.25, -0.2) is 8.42 Å². The number of aryl methyl sites for hydroxylation is 2. The van der Waals surface area contributed by atoms with E-state index in [0.29, 0.717) is 17.8 Å². The van der Waals surface area contributed by atoms with Crippen LogP contribution in [0.4, 0.5) is 5.69 Å². The lowest BCUT2D eigenvalue weighted by Gasteiger charge is -2.11. The van der Waals surface area contributed by atoms with Gasteiger partial charge in [-0.05, 0) is 55.7 Å². The Morgan fingerprint density at radius 1 is 0.967 bits per heavy atom. The molecule has 2 N–H and O–H groups in total. The summed E-state index contributed by atoms with van der Waals surface area (Å²) in [4.78, 5) is 12.6. The van der Waals surface area contributed by atoms with Crippen LogP contribution >= 0.6 is 11.6 Å².